The van der Waals surface area contributed by atoms with Crippen LogP contribution in [0.1, 0.15) is 47.0 Å². The van der Waals surface area contributed by atoms with Crippen molar-refractivity contribution in [2.75, 3.05) is 26.7 Å². The maximum absolute atomic E-state index is 12.0. The van der Waals surface area contributed by atoms with Crippen LogP contribution in [0.25, 0.3) is 0 Å². The van der Waals surface area contributed by atoms with Crippen LogP contribution in [0.5, 0.6) is 0 Å². The molecule has 0 heterocycles. The van der Waals surface area contributed by atoms with Crippen LogP contribution in [0.2, 0.25) is 0 Å². The largest absolute Gasteiger partial charge is 0.388 e. The van der Waals surface area contributed by atoms with Crippen molar-refractivity contribution in [3.05, 3.63) is 0 Å². The maximum atomic E-state index is 12.0. The first kappa shape index (κ1) is 21.4. The summed E-state index contributed by atoms with van der Waals surface area (Å²) in [6.07, 6.45) is 2.68. The minimum atomic E-state index is -0.644. The highest BCUT2D eigenvalue weighted by molar-refractivity contribution is 14.0. The van der Waals surface area contributed by atoms with E-state index < -0.39 is 5.60 Å². The molecule has 1 rings (SSSR count). The number of carbonyl (C=O) groups is 1. The van der Waals surface area contributed by atoms with Crippen LogP contribution < -0.4 is 10.6 Å². The highest BCUT2D eigenvalue weighted by atomic mass is 127. The minimum absolute atomic E-state index is 0. The molecule has 130 valence electrons. The van der Waals surface area contributed by atoms with Crippen LogP contribution in [0, 0.1) is 0 Å². The lowest BCUT2D eigenvalue weighted by atomic mass is 9.80. The van der Waals surface area contributed by atoms with E-state index in [1.807, 2.05) is 34.7 Å². The highest BCUT2D eigenvalue weighted by Gasteiger charge is 2.34. The second-order valence-corrected chi connectivity index (χ2v) is 6.90. The standard InChI is InChI=1S/C15H30N4O2.HI/c1-6-16-13(17-11-15(21)8-7-9-15)19(5)10-12(20)18-14(2,3)4;/h21H,6-11H2,1-5H3,(H,16,17)(H,18,20);1H. The Kier molecular flexibility index (Phi) is 8.67. The molecule has 0 aromatic carbocycles. The van der Waals surface area contributed by atoms with Crippen molar-refractivity contribution >= 4 is 35.8 Å². The van der Waals surface area contributed by atoms with Crippen LogP contribution in [0.4, 0.5) is 0 Å². The topological polar surface area (TPSA) is 77.0 Å². The molecule has 1 aliphatic carbocycles. The Labute approximate surface area is 151 Å². The number of halogens is 1. The zero-order chi connectivity index (χ0) is 16.1. The summed E-state index contributed by atoms with van der Waals surface area (Å²) in [6, 6.07) is 0. The maximum Gasteiger partial charge on any atom is 0.240 e. The van der Waals surface area contributed by atoms with E-state index in [1.54, 1.807) is 4.90 Å². The van der Waals surface area contributed by atoms with Gasteiger partial charge in [0.1, 0.15) is 0 Å². The molecule has 0 atom stereocenters. The van der Waals surface area contributed by atoms with Gasteiger partial charge in [-0.1, -0.05) is 0 Å². The van der Waals surface area contributed by atoms with Crippen LogP contribution in [-0.2, 0) is 4.79 Å². The van der Waals surface area contributed by atoms with Gasteiger partial charge in [-0.25, -0.2) is 0 Å². The van der Waals surface area contributed by atoms with E-state index in [0.29, 0.717) is 12.5 Å². The lowest BCUT2D eigenvalue weighted by Crippen LogP contribution is -2.49. The van der Waals surface area contributed by atoms with Gasteiger partial charge < -0.3 is 20.6 Å². The van der Waals surface area contributed by atoms with E-state index in [4.69, 9.17) is 0 Å². The number of hydrogen-bond acceptors (Lipinski definition) is 3. The monoisotopic (exact) mass is 426 g/mol. The second-order valence-electron chi connectivity index (χ2n) is 6.90. The van der Waals surface area contributed by atoms with E-state index in [-0.39, 0.29) is 42.0 Å². The quantitative estimate of drug-likeness (QED) is 0.352. The second kappa shape index (κ2) is 8.90. The first-order chi connectivity index (χ1) is 9.65. The van der Waals surface area contributed by atoms with Crippen molar-refractivity contribution in [3.8, 4) is 0 Å². The Morgan fingerprint density at radius 3 is 2.36 bits per heavy atom. The number of nitrogens with zero attached hydrogens (tertiary/aromatic N) is 2. The van der Waals surface area contributed by atoms with Crippen molar-refractivity contribution in [1.29, 1.82) is 0 Å². The summed E-state index contributed by atoms with van der Waals surface area (Å²) in [7, 11) is 1.83. The highest BCUT2D eigenvalue weighted by Crippen LogP contribution is 2.31. The van der Waals surface area contributed by atoms with Gasteiger partial charge in [-0.3, -0.25) is 9.79 Å². The van der Waals surface area contributed by atoms with Crippen LogP contribution >= 0.6 is 24.0 Å². The van der Waals surface area contributed by atoms with E-state index >= 15 is 0 Å². The van der Waals surface area contributed by atoms with Gasteiger partial charge in [0, 0.05) is 19.1 Å². The van der Waals surface area contributed by atoms with Gasteiger partial charge in [0.05, 0.1) is 18.7 Å². The molecule has 1 amide bonds. The summed E-state index contributed by atoms with van der Waals surface area (Å²) >= 11 is 0. The first-order valence-corrected chi connectivity index (χ1v) is 7.68. The first-order valence-electron chi connectivity index (χ1n) is 7.68. The zero-order valence-electron chi connectivity index (χ0n) is 14.4. The molecule has 1 saturated carbocycles. The fourth-order valence-electron chi connectivity index (χ4n) is 2.18. The van der Waals surface area contributed by atoms with Gasteiger partial charge in [0.15, 0.2) is 5.96 Å². The Bertz CT molecular complexity index is 389. The number of hydrogen-bond donors (Lipinski definition) is 3. The predicted octanol–water partition coefficient (Wildman–Crippen LogP) is 1.33. The third-order valence-corrected chi connectivity index (χ3v) is 3.40. The molecule has 1 fully saturated rings. The SMILES string of the molecule is CCNC(=NCC1(O)CCC1)N(C)CC(=O)NC(C)(C)C.I. The molecular weight excluding hydrogens is 395 g/mol. The number of nitrogens with one attached hydrogen (secondary N) is 2. The lowest BCUT2D eigenvalue weighted by Gasteiger charge is -2.35. The molecule has 1 aliphatic rings. The normalized spacial score (nSPS) is 17.1. The minimum Gasteiger partial charge on any atom is -0.388 e. The number of aliphatic hydroxyl groups is 1. The average molecular weight is 426 g/mol. The fraction of sp³-hybridized carbons (Fsp3) is 0.867. The lowest BCUT2D eigenvalue weighted by molar-refractivity contribution is -0.122. The predicted molar refractivity (Wildman–Crippen MR) is 101 cm³/mol. The summed E-state index contributed by atoms with van der Waals surface area (Å²) in [4.78, 5) is 18.2. The molecule has 0 radical (unpaired) electrons. The summed E-state index contributed by atoms with van der Waals surface area (Å²) in [5, 5.41) is 16.2. The van der Waals surface area contributed by atoms with E-state index in [9.17, 15) is 9.90 Å². The summed E-state index contributed by atoms with van der Waals surface area (Å²) in [5.74, 6) is 0.611. The third kappa shape index (κ3) is 7.62. The van der Waals surface area contributed by atoms with Crippen molar-refractivity contribution in [3.63, 3.8) is 0 Å². The van der Waals surface area contributed by atoms with E-state index in [2.05, 4.69) is 15.6 Å². The molecule has 22 heavy (non-hydrogen) atoms. The van der Waals surface area contributed by atoms with Crippen molar-refractivity contribution in [2.45, 2.75) is 58.1 Å². The summed E-state index contributed by atoms with van der Waals surface area (Å²) < 4.78 is 0. The smallest absolute Gasteiger partial charge is 0.240 e. The van der Waals surface area contributed by atoms with Gasteiger partial charge in [0.2, 0.25) is 5.91 Å². The molecule has 0 spiro atoms. The Morgan fingerprint density at radius 1 is 1.36 bits per heavy atom. The van der Waals surface area contributed by atoms with Gasteiger partial charge >= 0.3 is 0 Å². The number of likely N-dealkylation sites (N-methyl/N-ethyl adjacent to an activating group) is 1. The zero-order valence-corrected chi connectivity index (χ0v) is 16.7. The summed E-state index contributed by atoms with van der Waals surface area (Å²) in [5.41, 5.74) is -0.885. The third-order valence-electron chi connectivity index (χ3n) is 3.40. The number of guanidine groups is 1. The Hall–Kier alpha value is -0.570. The average Bonchev–Trinajstić information content (AvgIpc) is 2.29. The van der Waals surface area contributed by atoms with Crippen molar-refractivity contribution in [1.82, 2.24) is 15.5 Å². The molecule has 0 aliphatic heterocycles. The Balaban J connectivity index is 0.00000441. The number of amides is 1. The van der Waals surface area contributed by atoms with E-state index in [1.165, 1.54) is 0 Å². The molecule has 0 aromatic heterocycles. The molecule has 0 unspecified atom stereocenters. The number of rotatable bonds is 5. The Morgan fingerprint density at radius 2 is 1.95 bits per heavy atom. The van der Waals surface area contributed by atoms with Gasteiger partial charge in [0.25, 0.3) is 0 Å². The van der Waals surface area contributed by atoms with Crippen molar-refractivity contribution in [2.24, 2.45) is 4.99 Å². The molecule has 0 saturated heterocycles. The van der Waals surface area contributed by atoms with Gasteiger partial charge in [-0.2, -0.15) is 0 Å². The van der Waals surface area contributed by atoms with Crippen LogP contribution in [0.3, 0.4) is 0 Å². The molecule has 3 N–H and O–H groups in total. The molecule has 7 heteroatoms. The van der Waals surface area contributed by atoms with E-state index in [0.717, 1.165) is 25.8 Å². The molecule has 0 aromatic rings. The van der Waals surface area contributed by atoms with Crippen LogP contribution in [0.15, 0.2) is 4.99 Å². The van der Waals surface area contributed by atoms with Crippen molar-refractivity contribution < 1.29 is 9.90 Å². The fourth-order valence-corrected chi connectivity index (χ4v) is 2.18. The van der Waals surface area contributed by atoms with Gasteiger partial charge in [-0.05, 0) is 47.0 Å². The molecule has 6 nitrogen and oxygen atoms in total. The summed E-state index contributed by atoms with van der Waals surface area (Å²) in [6.45, 7) is 9.20. The number of aliphatic imine (C=N–C) groups is 1. The molecular formula is C15H31IN4O2. The molecule has 0 bridgehead atoms. The number of carbonyl (C=O) groups excluding carboxylic acids is 1. The van der Waals surface area contributed by atoms with Crippen LogP contribution in [-0.4, -0.2) is 59.7 Å². The van der Waals surface area contributed by atoms with Gasteiger partial charge in [-0.15, -0.1) is 24.0 Å².